The van der Waals surface area contributed by atoms with Crippen LogP contribution >= 0.6 is 0 Å². The zero-order valence-electron chi connectivity index (χ0n) is 13.1. The molecule has 3 N–H and O–H groups in total. The van der Waals surface area contributed by atoms with E-state index < -0.39 is 11.8 Å². The van der Waals surface area contributed by atoms with E-state index in [-0.39, 0.29) is 5.91 Å². The largest absolute Gasteiger partial charge is 0.326 e. The van der Waals surface area contributed by atoms with E-state index >= 15 is 0 Å². The van der Waals surface area contributed by atoms with Crippen LogP contribution in [0.15, 0.2) is 60.7 Å². The molecule has 0 aliphatic carbocycles. The van der Waals surface area contributed by atoms with Crippen LogP contribution in [0, 0.1) is 0 Å². The van der Waals surface area contributed by atoms with E-state index in [0.717, 1.165) is 5.56 Å². The lowest BCUT2D eigenvalue weighted by Crippen LogP contribution is -2.40. The standard InChI is InChI=1S/C18H17N3O3/c1-13(22)19-16-10-8-15(9-11-16)18(24)21-20-17(23)12-7-14-5-3-2-4-6-14/h2-12H,1H3,(H,19,22)(H,20,23)(H,21,24). The zero-order valence-corrected chi connectivity index (χ0v) is 13.1. The molecule has 6 heteroatoms. The molecule has 0 aromatic heterocycles. The summed E-state index contributed by atoms with van der Waals surface area (Å²) in [4.78, 5) is 34.5. The average Bonchev–Trinajstić information content (AvgIpc) is 2.59. The summed E-state index contributed by atoms with van der Waals surface area (Å²) in [5.74, 6) is -1.09. The zero-order chi connectivity index (χ0) is 17.4. The van der Waals surface area contributed by atoms with Gasteiger partial charge in [0.25, 0.3) is 11.8 Å². The topological polar surface area (TPSA) is 87.3 Å². The fourth-order valence-electron chi connectivity index (χ4n) is 1.88. The van der Waals surface area contributed by atoms with Gasteiger partial charge in [0.05, 0.1) is 0 Å². The number of hydrogen-bond donors (Lipinski definition) is 3. The maximum atomic E-state index is 11.9. The van der Waals surface area contributed by atoms with Crippen molar-refractivity contribution in [2.75, 3.05) is 5.32 Å². The summed E-state index contributed by atoms with van der Waals surface area (Å²) in [5.41, 5.74) is 6.45. The van der Waals surface area contributed by atoms with Crippen molar-refractivity contribution in [3.63, 3.8) is 0 Å². The van der Waals surface area contributed by atoms with Gasteiger partial charge in [0.2, 0.25) is 5.91 Å². The molecule has 0 radical (unpaired) electrons. The van der Waals surface area contributed by atoms with E-state index in [9.17, 15) is 14.4 Å². The molecule has 24 heavy (non-hydrogen) atoms. The first-order valence-electron chi connectivity index (χ1n) is 7.26. The Morgan fingerprint density at radius 2 is 1.54 bits per heavy atom. The molecular formula is C18H17N3O3. The van der Waals surface area contributed by atoms with Crippen LogP contribution in [0.3, 0.4) is 0 Å². The molecule has 0 heterocycles. The number of rotatable bonds is 4. The summed E-state index contributed by atoms with van der Waals surface area (Å²) in [6, 6.07) is 15.6. The third kappa shape index (κ3) is 5.42. The lowest BCUT2D eigenvalue weighted by Gasteiger charge is -2.06. The monoisotopic (exact) mass is 323 g/mol. The Bertz CT molecular complexity index is 753. The molecule has 0 fully saturated rings. The second kappa shape index (κ2) is 8.28. The quantitative estimate of drug-likeness (QED) is 0.595. The van der Waals surface area contributed by atoms with Crippen molar-refractivity contribution in [3.05, 3.63) is 71.8 Å². The summed E-state index contributed by atoms with van der Waals surface area (Å²) in [7, 11) is 0. The van der Waals surface area contributed by atoms with E-state index in [0.29, 0.717) is 11.3 Å². The highest BCUT2D eigenvalue weighted by Crippen LogP contribution is 2.09. The Kier molecular flexibility index (Phi) is 5.85. The van der Waals surface area contributed by atoms with E-state index in [1.54, 1.807) is 30.3 Å². The van der Waals surface area contributed by atoms with Crippen LogP contribution in [0.1, 0.15) is 22.8 Å². The predicted molar refractivity (Wildman–Crippen MR) is 91.8 cm³/mol. The van der Waals surface area contributed by atoms with E-state index in [4.69, 9.17) is 0 Å². The highest BCUT2D eigenvalue weighted by molar-refractivity contribution is 5.98. The second-order valence-electron chi connectivity index (χ2n) is 4.95. The van der Waals surface area contributed by atoms with Gasteiger partial charge in [0.15, 0.2) is 0 Å². The van der Waals surface area contributed by atoms with Gasteiger partial charge in [0.1, 0.15) is 0 Å². The van der Waals surface area contributed by atoms with Gasteiger partial charge in [-0.2, -0.15) is 0 Å². The molecule has 0 aliphatic heterocycles. The van der Waals surface area contributed by atoms with E-state index in [1.165, 1.54) is 13.0 Å². The minimum absolute atomic E-state index is 0.190. The van der Waals surface area contributed by atoms with Crippen LogP contribution in [0.4, 0.5) is 5.69 Å². The van der Waals surface area contributed by atoms with Gasteiger partial charge in [-0.15, -0.1) is 0 Å². The Labute approximate surface area is 139 Å². The molecule has 6 nitrogen and oxygen atoms in total. The lowest BCUT2D eigenvalue weighted by molar-refractivity contribution is -0.117. The SMILES string of the molecule is CC(=O)Nc1ccc(C(=O)NNC(=O)C=Cc2ccccc2)cc1. The minimum Gasteiger partial charge on any atom is -0.326 e. The molecule has 122 valence electrons. The molecule has 2 rings (SSSR count). The Morgan fingerprint density at radius 1 is 0.875 bits per heavy atom. The van der Waals surface area contributed by atoms with Crippen molar-refractivity contribution < 1.29 is 14.4 Å². The molecule has 2 aromatic rings. The maximum Gasteiger partial charge on any atom is 0.269 e. The molecule has 2 aromatic carbocycles. The number of hydrazine groups is 1. The normalized spacial score (nSPS) is 10.2. The number of carbonyl (C=O) groups excluding carboxylic acids is 3. The summed E-state index contributed by atoms with van der Waals surface area (Å²) in [6.07, 6.45) is 2.97. The summed E-state index contributed by atoms with van der Waals surface area (Å²) < 4.78 is 0. The molecule has 0 saturated heterocycles. The Hall–Kier alpha value is -3.41. The van der Waals surface area contributed by atoms with E-state index in [2.05, 4.69) is 16.2 Å². The first kappa shape index (κ1) is 17.0. The van der Waals surface area contributed by atoms with Crippen LogP contribution in [-0.4, -0.2) is 17.7 Å². The third-order valence-corrected chi connectivity index (χ3v) is 2.99. The molecule has 0 atom stereocenters. The van der Waals surface area contributed by atoms with Gasteiger partial charge in [0, 0.05) is 24.3 Å². The lowest BCUT2D eigenvalue weighted by atomic mass is 10.2. The molecular weight excluding hydrogens is 306 g/mol. The third-order valence-electron chi connectivity index (χ3n) is 2.99. The molecule has 0 aliphatic rings. The first-order chi connectivity index (χ1) is 11.5. The van der Waals surface area contributed by atoms with Gasteiger partial charge < -0.3 is 5.32 Å². The molecule has 0 bridgehead atoms. The summed E-state index contributed by atoms with van der Waals surface area (Å²) in [6.45, 7) is 1.40. The Balaban J connectivity index is 1.85. The predicted octanol–water partition coefficient (Wildman–Crippen LogP) is 2.12. The second-order valence-corrected chi connectivity index (χ2v) is 4.95. The Morgan fingerprint density at radius 3 is 2.17 bits per heavy atom. The number of nitrogens with one attached hydrogen (secondary N) is 3. The van der Waals surface area contributed by atoms with Gasteiger partial charge in [-0.05, 0) is 35.9 Å². The van der Waals surface area contributed by atoms with Crippen LogP contribution < -0.4 is 16.2 Å². The molecule has 0 saturated carbocycles. The first-order valence-corrected chi connectivity index (χ1v) is 7.26. The average molecular weight is 323 g/mol. The highest BCUT2D eigenvalue weighted by Gasteiger charge is 2.06. The van der Waals surface area contributed by atoms with Crippen LogP contribution in [0.25, 0.3) is 6.08 Å². The highest BCUT2D eigenvalue weighted by atomic mass is 16.2. The number of anilines is 1. The minimum atomic E-state index is -0.453. The summed E-state index contributed by atoms with van der Waals surface area (Å²) in [5, 5.41) is 2.60. The maximum absolute atomic E-state index is 11.9. The van der Waals surface area contributed by atoms with Gasteiger partial charge in [-0.25, -0.2) is 0 Å². The van der Waals surface area contributed by atoms with Crippen LogP contribution in [-0.2, 0) is 9.59 Å². The fraction of sp³-hybridized carbons (Fsp3) is 0.0556. The van der Waals surface area contributed by atoms with Crippen molar-refractivity contribution in [2.45, 2.75) is 6.92 Å². The van der Waals surface area contributed by atoms with Crippen molar-refractivity contribution in [3.8, 4) is 0 Å². The number of hydrogen-bond acceptors (Lipinski definition) is 3. The number of carbonyl (C=O) groups is 3. The van der Waals surface area contributed by atoms with Gasteiger partial charge >= 0.3 is 0 Å². The van der Waals surface area contributed by atoms with Crippen molar-refractivity contribution in [1.29, 1.82) is 0 Å². The van der Waals surface area contributed by atoms with Crippen molar-refractivity contribution in [2.24, 2.45) is 0 Å². The van der Waals surface area contributed by atoms with Crippen LogP contribution in [0.5, 0.6) is 0 Å². The van der Waals surface area contributed by atoms with Gasteiger partial charge in [-0.1, -0.05) is 30.3 Å². The smallest absolute Gasteiger partial charge is 0.269 e. The fourth-order valence-corrected chi connectivity index (χ4v) is 1.88. The molecule has 0 spiro atoms. The van der Waals surface area contributed by atoms with Gasteiger partial charge in [-0.3, -0.25) is 25.2 Å². The van der Waals surface area contributed by atoms with Crippen molar-refractivity contribution in [1.82, 2.24) is 10.9 Å². The summed E-state index contributed by atoms with van der Waals surface area (Å²) >= 11 is 0. The number of amides is 3. The van der Waals surface area contributed by atoms with E-state index in [1.807, 2.05) is 30.3 Å². The van der Waals surface area contributed by atoms with Crippen LogP contribution in [0.2, 0.25) is 0 Å². The molecule has 3 amide bonds. The number of benzene rings is 2. The van der Waals surface area contributed by atoms with Crippen molar-refractivity contribution >= 4 is 29.5 Å². The molecule has 0 unspecified atom stereocenters.